The minimum atomic E-state index is -4.71. The first-order chi connectivity index (χ1) is 16.6. The molecular formula is C22H19F4N3O5S2. The fourth-order valence-corrected chi connectivity index (χ4v) is 4.92. The second-order valence-corrected chi connectivity index (χ2v) is 11.1. The Bertz CT molecular complexity index is 1460. The monoisotopic (exact) mass is 545 g/mol. The molecule has 0 spiro atoms. The zero-order valence-corrected chi connectivity index (χ0v) is 20.1. The van der Waals surface area contributed by atoms with Crippen LogP contribution in [0.4, 0.5) is 34.6 Å². The molecule has 1 amide bonds. The lowest BCUT2D eigenvalue weighted by molar-refractivity contribution is -0.137. The predicted molar refractivity (Wildman–Crippen MR) is 126 cm³/mol. The molecule has 0 bridgehead atoms. The largest absolute Gasteiger partial charge is 0.416 e. The van der Waals surface area contributed by atoms with Gasteiger partial charge in [-0.15, -0.1) is 0 Å². The molecule has 0 heterocycles. The van der Waals surface area contributed by atoms with Gasteiger partial charge in [0.15, 0.2) is 0 Å². The number of hydrogen-bond acceptors (Lipinski definition) is 5. The first kappa shape index (κ1) is 26.9. The Morgan fingerprint density at radius 1 is 0.889 bits per heavy atom. The van der Waals surface area contributed by atoms with Crippen molar-refractivity contribution in [1.82, 2.24) is 0 Å². The normalized spacial score (nSPS) is 12.1. The van der Waals surface area contributed by atoms with Crippen molar-refractivity contribution in [2.75, 3.05) is 27.1 Å². The van der Waals surface area contributed by atoms with Crippen LogP contribution in [0.3, 0.4) is 0 Å². The summed E-state index contributed by atoms with van der Waals surface area (Å²) >= 11 is 0. The highest BCUT2D eigenvalue weighted by Crippen LogP contribution is 2.32. The maximum atomic E-state index is 13.0. The minimum absolute atomic E-state index is 0.109. The van der Waals surface area contributed by atoms with Crippen molar-refractivity contribution >= 4 is 43.0 Å². The maximum absolute atomic E-state index is 13.0. The quantitative estimate of drug-likeness (QED) is 0.415. The summed E-state index contributed by atoms with van der Waals surface area (Å²) in [6.45, 7) is -0.827. The molecule has 0 fully saturated rings. The van der Waals surface area contributed by atoms with Gasteiger partial charge in [0.05, 0.1) is 22.4 Å². The fourth-order valence-electron chi connectivity index (χ4n) is 3.02. The Morgan fingerprint density at radius 2 is 1.47 bits per heavy atom. The van der Waals surface area contributed by atoms with Crippen molar-refractivity contribution < 1.29 is 39.2 Å². The molecular weight excluding hydrogens is 526 g/mol. The SMILES string of the molecule is CS(=O)(=O)N(CC(=O)Nc1ccc(S(=O)(=O)Nc2ccc(F)cc2)cc1)c1cccc(C(F)(F)F)c1. The van der Waals surface area contributed by atoms with Crippen LogP contribution in [-0.2, 0) is 31.0 Å². The topological polar surface area (TPSA) is 113 Å². The summed E-state index contributed by atoms with van der Waals surface area (Å²) in [5, 5.41) is 2.37. The van der Waals surface area contributed by atoms with E-state index in [0.29, 0.717) is 10.4 Å². The highest BCUT2D eigenvalue weighted by atomic mass is 32.2. The van der Waals surface area contributed by atoms with E-state index in [1.54, 1.807) is 0 Å². The van der Waals surface area contributed by atoms with Gasteiger partial charge in [-0.2, -0.15) is 13.2 Å². The van der Waals surface area contributed by atoms with Crippen LogP contribution in [0.2, 0.25) is 0 Å². The number of hydrogen-bond donors (Lipinski definition) is 2. The first-order valence-electron chi connectivity index (χ1n) is 9.98. The van der Waals surface area contributed by atoms with E-state index in [1.807, 2.05) is 0 Å². The van der Waals surface area contributed by atoms with Crippen LogP contribution in [0.1, 0.15) is 5.56 Å². The molecule has 0 aliphatic carbocycles. The van der Waals surface area contributed by atoms with Gasteiger partial charge in [-0.3, -0.25) is 13.8 Å². The number of carbonyl (C=O) groups excluding carboxylic acids is 1. The summed E-state index contributed by atoms with van der Waals surface area (Å²) < 4.78 is 104. The van der Waals surface area contributed by atoms with Gasteiger partial charge >= 0.3 is 6.18 Å². The van der Waals surface area contributed by atoms with Gasteiger partial charge < -0.3 is 5.32 Å². The minimum Gasteiger partial charge on any atom is -0.325 e. The van der Waals surface area contributed by atoms with Crippen molar-refractivity contribution in [3.63, 3.8) is 0 Å². The number of nitrogens with zero attached hydrogens (tertiary/aromatic N) is 1. The van der Waals surface area contributed by atoms with Crippen LogP contribution in [0.25, 0.3) is 0 Å². The highest BCUT2D eigenvalue weighted by molar-refractivity contribution is 7.92. The van der Waals surface area contributed by atoms with Gasteiger partial charge in [0.1, 0.15) is 12.4 Å². The Kier molecular flexibility index (Phi) is 7.59. The third-order valence-corrected chi connectivity index (χ3v) is 7.23. The lowest BCUT2D eigenvalue weighted by Gasteiger charge is -2.22. The van der Waals surface area contributed by atoms with Crippen LogP contribution in [0.15, 0.2) is 77.7 Å². The average molecular weight is 546 g/mol. The van der Waals surface area contributed by atoms with Crippen molar-refractivity contribution in [2.45, 2.75) is 11.1 Å². The number of anilines is 3. The molecule has 0 aliphatic heterocycles. The van der Waals surface area contributed by atoms with Crippen molar-refractivity contribution in [3.8, 4) is 0 Å². The van der Waals surface area contributed by atoms with Gasteiger partial charge in [-0.05, 0) is 66.7 Å². The standard InChI is InChI=1S/C22H19F4N3O5S2/c1-35(31,32)29(19-4-2-3-15(13-19)22(24,25)26)14-21(30)27-17-9-11-20(12-10-17)36(33,34)28-18-7-5-16(23)6-8-18/h2-13,28H,14H2,1H3,(H,27,30). The Balaban J connectivity index is 1.73. The lowest BCUT2D eigenvalue weighted by atomic mass is 10.2. The molecule has 0 radical (unpaired) electrons. The number of benzene rings is 3. The molecule has 3 rings (SSSR count). The summed E-state index contributed by atoms with van der Waals surface area (Å²) in [7, 11) is -8.16. The van der Waals surface area contributed by atoms with Crippen LogP contribution < -0.4 is 14.3 Å². The molecule has 0 saturated heterocycles. The molecule has 2 N–H and O–H groups in total. The Morgan fingerprint density at radius 3 is 2.03 bits per heavy atom. The van der Waals surface area contributed by atoms with E-state index in [1.165, 1.54) is 36.4 Å². The van der Waals surface area contributed by atoms with E-state index in [4.69, 9.17) is 0 Å². The van der Waals surface area contributed by atoms with E-state index >= 15 is 0 Å². The summed E-state index contributed by atoms with van der Waals surface area (Å²) in [5.74, 6) is -1.42. The van der Waals surface area contributed by atoms with Gasteiger partial charge in [-0.1, -0.05) is 6.07 Å². The average Bonchev–Trinajstić information content (AvgIpc) is 2.78. The highest BCUT2D eigenvalue weighted by Gasteiger charge is 2.32. The molecule has 0 aliphatic rings. The van der Waals surface area contributed by atoms with Gasteiger partial charge in [0.25, 0.3) is 10.0 Å². The zero-order chi connectivity index (χ0) is 26.7. The van der Waals surface area contributed by atoms with E-state index < -0.39 is 50.1 Å². The molecule has 0 saturated carbocycles. The molecule has 36 heavy (non-hydrogen) atoms. The fraction of sp³-hybridized carbons (Fsp3) is 0.136. The predicted octanol–water partition coefficient (Wildman–Crippen LogP) is 4.05. The molecule has 192 valence electrons. The third-order valence-electron chi connectivity index (χ3n) is 4.69. The number of alkyl halides is 3. The molecule has 0 atom stereocenters. The summed E-state index contributed by atoms with van der Waals surface area (Å²) in [5.41, 5.74) is -1.20. The van der Waals surface area contributed by atoms with Crippen LogP contribution in [0.5, 0.6) is 0 Å². The molecule has 0 unspecified atom stereocenters. The number of carbonyl (C=O) groups is 1. The Labute approximate surface area is 204 Å². The van der Waals surface area contributed by atoms with Crippen LogP contribution in [-0.4, -0.2) is 35.5 Å². The second-order valence-electron chi connectivity index (χ2n) is 7.50. The van der Waals surface area contributed by atoms with Crippen molar-refractivity contribution in [3.05, 3.63) is 84.2 Å². The molecule has 8 nitrogen and oxygen atoms in total. The van der Waals surface area contributed by atoms with Gasteiger partial charge in [0.2, 0.25) is 15.9 Å². The molecule has 14 heteroatoms. The number of rotatable bonds is 8. The van der Waals surface area contributed by atoms with Crippen LogP contribution >= 0.6 is 0 Å². The van der Waals surface area contributed by atoms with Crippen molar-refractivity contribution in [1.29, 1.82) is 0 Å². The van der Waals surface area contributed by atoms with E-state index in [9.17, 15) is 39.2 Å². The first-order valence-corrected chi connectivity index (χ1v) is 13.3. The molecule has 3 aromatic carbocycles. The molecule has 3 aromatic rings. The second kappa shape index (κ2) is 10.1. The zero-order valence-electron chi connectivity index (χ0n) is 18.5. The van der Waals surface area contributed by atoms with E-state index in [0.717, 1.165) is 36.6 Å². The van der Waals surface area contributed by atoms with Gasteiger partial charge in [0, 0.05) is 11.4 Å². The van der Waals surface area contributed by atoms with Gasteiger partial charge in [-0.25, -0.2) is 21.2 Å². The number of nitrogens with one attached hydrogen (secondary N) is 2. The van der Waals surface area contributed by atoms with E-state index in [2.05, 4.69) is 10.0 Å². The molecule has 0 aromatic heterocycles. The number of halogens is 4. The van der Waals surface area contributed by atoms with Crippen LogP contribution in [0, 0.1) is 5.82 Å². The smallest absolute Gasteiger partial charge is 0.325 e. The van der Waals surface area contributed by atoms with Crippen molar-refractivity contribution in [2.24, 2.45) is 0 Å². The summed E-state index contributed by atoms with van der Waals surface area (Å²) in [4.78, 5) is 12.3. The summed E-state index contributed by atoms with van der Waals surface area (Å²) in [6, 6.07) is 13.0. The van der Waals surface area contributed by atoms with E-state index in [-0.39, 0.29) is 22.0 Å². The lowest BCUT2D eigenvalue weighted by Crippen LogP contribution is -2.37. The summed E-state index contributed by atoms with van der Waals surface area (Å²) in [6.07, 6.45) is -3.97. The number of sulfonamides is 2. The maximum Gasteiger partial charge on any atom is 0.416 e. The Hall–Kier alpha value is -3.65. The number of amides is 1. The third kappa shape index (κ3) is 6.95.